The highest BCUT2D eigenvalue weighted by molar-refractivity contribution is 5.93. The van der Waals surface area contributed by atoms with Crippen molar-refractivity contribution in [1.29, 1.82) is 0 Å². The Morgan fingerprint density at radius 1 is 1.16 bits per heavy atom. The Labute approximate surface area is 113 Å². The number of methoxy groups -OCH3 is 1. The highest BCUT2D eigenvalue weighted by atomic mass is 16.5. The normalized spacial score (nSPS) is 9.21. The minimum Gasteiger partial charge on any atom is -0.464 e. The number of carbonyl (C=O) groups excluding carboxylic acids is 1. The van der Waals surface area contributed by atoms with Gasteiger partial charge >= 0.3 is 5.97 Å². The van der Waals surface area contributed by atoms with Gasteiger partial charge in [-0.2, -0.15) is 0 Å². The average molecular weight is 258 g/mol. The molecular weight excluding hydrogens is 240 g/mol. The molecule has 0 spiro atoms. The molecule has 1 aromatic carbocycles. The molecule has 0 amide bonds. The predicted molar refractivity (Wildman–Crippen MR) is 76.8 cm³/mol. The van der Waals surface area contributed by atoms with Gasteiger partial charge in [0.15, 0.2) is 5.69 Å². The summed E-state index contributed by atoms with van der Waals surface area (Å²) < 4.78 is 4.58. The monoisotopic (exact) mass is 258 g/mol. The highest BCUT2D eigenvalue weighted by Crippen LogP contribution is 2.22. The first-order chi connectivity index (χ1) is 9.22. The van der Waals surface area contributed by atoms with Crippen LogP contribution in [0, 0.1) is 0 Å². The van der Waals surface area contributed by atoms with E-state index in [-0.39, 0.29) is 5.69 Å². The van der Waals surface area contributed by atoms with Crippen molar-refractivity contribution in [3.8, 4) is 11.1 Å². The molecule has 0 saturated carbocycles. The van der Waals surface area contributed by atoms with Crippen LogP contribution < -0.4 is 5.73 Å². The first-order valence-electron chi connectivity index (χ1n) is 6.11. The minimum absolute atomic E-state index is 0.146. The fourth-order valence-electron chi connectivity index (χ4n) is 1.54. The summed E-state index contributed by atoms with van der Waals surface area (Å²) in [4.78, 5) is 15.3. The molecule has 100 valence electrons. The summed E-state index contributed by atoms with van der Waals surface area (Å²) >= 11 is 0. The van der Waals surface area contributed by atoms with Gasteiger partial charge in [-0.3, -0.25) is 0 Å². The number of pyridine rings is 1. The van der Waals surface area contributed by atoms with Gasteiger partial charge in [0.05, 0.1) is 12.8 Å². The molecule has 2 N–H and O–H groups in total. The van der Waals surface area contributed by atoms with Crippen LogP contribution in [-0.2, 0) is 4.74 Å². The summed E-state index contributed by atoms with van der Waals surface area (Å²) in [6.45, 7) is 4.00. The number of aromatic nitrogens is 1. The number of esters is 1. The van der Waals surface area contributed by atoms with Gasteiger partial charge in [0.25, 0.3) is 0 Å². The Balaban J connectivity index is 0.000000861. The van der Waals surface area contributed by atoms with E-state index >= 15 is 0 Å². The molecule has 0 saturated heterocycles. The molecule has 0 aliphatic rings. The molecule has 0 bridgehead atoms. The summed E-state index contributed by atoms with van der Waals surface area (Å²) in [5.74, 6) is -0.526. The molecule has 2 rings (SSSR count). The van der Waals surface area contributed by atoms with Crippen LogP contribution in [0.15, 0.2) is 42.6 Å². The third kappa shape index (κ3) is 3.55. The lowest BCUT2D eigenvalue weighted by Crippen LogP contribution is -2.08. The summed E-state index contributed by atoms with van der Waals surface area (Å²) in [6.07, 6.45) is 1.61. The maximum absolute atomic E-state index is 11.3. The van der Waals surface area contributed by atoms with Crippen LogP contribution in [-0.4, -0.2) is 18.1 Å². The zero-order valence-electron chi connectivity index (χ0n) is 11.4. The Morgan fingerprint density at radius 3 is 2.32 bits per heavy atom. The SMILES string of the molecule is CC.COC(=O)c1ncc(-c2ccccc2)cc1N. The molecule has 0 aliphatic heterocycles. The lowest BCUT2D eigenvalue weighted by atomic mass is 10.1. The molecule has 0 unspecified atom stereocenters. The molecule has 0 fully saturated rings. The number of benzene rings is 1. The van der Waals surface area contributed by atoms with Crippen LogP contribution in [0.3, 0.4) is 0 Å². The van der Waals surface area contributed by atoms with E-state index in [2.05, 4.69) is 9.72 Å². The molecule has 1 aromatic heterocycles. The standard InChI is InChI=1S/C13H12N2O2.C2H6/c1-17-13(16)12-11(14)7-10(8-15-12)9-5-3-2-4-6-9;1-2/h2-8H,14H2,1H3;1-2H3. The average Bonchev–Trinajstić information content (AvgIpc) is 2.49. The molecule has 0 aliphatic carbocycles. The molecule has 19 heavy (non-hydrogen) atoms. The molecular formula is C15H18N2O2. The zero-order valence-corrected chi connectivity index (χ0v) is 11.4. The number of hydrogen-bond acceptors (Lipinski definition) is 4. The molecule has 1 heterocycles. The number of rotatable bonds is 2. The van der Waals surface area contributed by atoms with Crippen LogP contribution in [0.25, 0.3) is 11.1 Å². The summed E-state index contributed by atoms with van der Waals surface area (Å²) in [6, 6.07) is 11.4. The van der Waals surface area contributed by atoms with Gasteiger partial charge < -0.3 is 10.5 Å². The summed E-state index contributed by atoms with van der Waals surface area (Å²) in [5.41, 5.74) is 8.11. The predicted octanol–water partition coefficient (Wildman–Crippen LogP) is 3.14. The van der Waals surface area contributed by atoms with E-state index < -0.39 is 5.97 Å². The second-order valence-corrected chi connectivity index (χ2v) is 3.52. The van der Waals surface area contributed by atoms with Crippen molar-refractivity contribution < 1.29 is 9.53 Å². The number of carbonyl (C=O) groups is 1. The van der Waals surface area contributed by atoms with Gasteiger partial charge in [-0.25, -0.2) is 9.78 Å². The van der Waals surface area contributed by atoms with Gasteiger partial charge in [0, 0.05) is 11.8 Å². The van der Waals surface area contributed by atoms with Gasteiger partial charge in [0.1, 0.15) is 0 Å². The fraction of sp³-hybridized carbons (Fsp3) is 0.200. The van der Waals surface area contributed by atoms with Gasteiger partial charge in [-0.15, -0.1) is 0 Å². The third-order valence-corrected chi connectivity index (χ3v) is 2.40. The summed E-state index contributed by atoms with van der Waals surface area (Å²) in [5, 5.41) is 0. The van der Waals surface area contributed by atoms with Crippen LogP contribution in [0.4, 0.5) is 5.69 Å². The lowest BCUT2D eigenvalue weighted by molar-refractivity contribution is 0.0595. The Hall–Kier alpha value is -2.36. The van der Waals surface area contributed by atoms with Gasteiger partial charge in [0.2, 0.25) is 0 Å². The fourth-order valence-corrected chi connectivity index (χ4v) is 1.54. The van der Waals surface area contributed by atoms with E-state index in [1.807, 2.05) is 44.2 Å². The number of nitrogen functional groups attached to an aromatic ring is 1. The van der Waals surface area contributed by atoms with E-state index in [0.717, 1.165) is 11.1 Å². The lowest BCUT2D eigenvalue weighted by Gasteiger charge is -2.05. The van der Waals surface area contributed by atoms with Crippen LogP contribution in [0.5, 0.6) is 0 Å². The van der Waals surface area contributed by atoms with Crippen LogP contribution >= 0.6 is 0 Å². The molecule has 0 atom stereocenters. The minimum atomic E-state index is -0.526. The van der Waals surface area contributed by atoms with E-state index in [1.54, 1.807) is 12.3 Å². The number of anilines is 1. The van der Waals surface area contributed by atoms with E-state index in [9.17, 15) is 4.79 Å². The van der Waals surface area contributed by atoms with E-state index in [1.165, 1.54) is 7.11 Å². The zero-order chi connectivity index (χ0) is 14.3. The molecule has 4 heteroatoms. The van der Waals surface area contributed by atoms with Gasteiger partial charge in [-0.05, 0) is 11.6 Å². The van der Waals surface area contributed by atoms with Crippen molar-refractivity contribution in [3.05, 3.63) is 48.3 Å². The van der Waals surface area contributed by atoms with Crippen molar-refractivity contribution in [2.24, 2.45) is 0 Å². The Bertz CT molecular complexity index is 539. The second-order valence-electron chi connectivity index (χ2n) is 3.52. The highest BCUT2D eigenvalue weighted by Gasteiger charge is 2.12. The van der Waals surface area contributed by atoms with Crippen molar-refractivity contribution in [2.45, 2.75) is 13.8 Å². The van der Waals surface area contributed by atoms with E-state index in [0.29, 0.717) is 5.69 Å². The van der Waals surface area contributed by atoms with Crippen molar-refractivity contribution in [3.63, 3.8) is 0 Å². The van der Waals surface area contributed by atoms with Crippen molar-refractivity contribution in [2.75, 3.05) is 12.8 Å². The Kier molecular flexibility index (Phi) is 5.54. The first-order valence-corrected chi connectivity index (χ1v) is 6.11. The quantitative estimate of drug-likeness (QED) is 0.840. The smallest absolute Gasteiger partial charge is 0.358 e. The summed E-state index contributed by atoms with van der Waals surface area (Å²) in [7, 11) is 1.30. The van der Waals surface area contributed by atoms with Crippen molar-refractivity contribution >= 4 is 11.7 Å². The number of nitrogens with zero attached hydrogens (tertiary/aromatic N) is 1. The number of ether oxygens (including phenoxy) is 1. The topological polar surface area (TPSA) is 65.2 Å². The van der Waals surface area contributed by atoms with E-state index in [4.69, 9.17) is 5.73 Å². The maximum atomic E-state index is 11.3. The van der Waals surface area contributed by atoms with Gasteiger partial charge in [-0.1, -0.05) is 44.2 Å². The molecule has 4 nitrogen and oxygen atoms in total. The van der Waals surface area contributed by atoms with Crippen LogP contribution in [0.1, 0.15) is 24.3 Å². The number of nitrogens with two attached hydrogens (primary N) is 1. The second kappa shape index (κ2) is 7.16. The van der Waals surface area contributed by atoms with Crippen LogP contribution in [0.2, 0.25) is 0 Å². The first kappa shape index (κ1) is 14.7. The Morgan fingerprint density at radius 2 is 1.79 bits per heavy atom. The molecule has 0 radical (unpaired) electrons. The third-order valence-electron chi connectivity index (χ3n) is 2.40. The largest absolute Gasteiger partial charge is 0.464 e. The maximum Gasteiger partial charge on any atom is 0.358 e. The number of hydrogen-bond donors (Lipinski definition) is 1. The molecule has 2 aromatic rings. The van der Waals surface area contributed by atoms with Crippen molar-refractivity contribution in [1.82, 2.24) is 4.98 Å².